The van der Waals surface area contributed by atoms with Gasteiger partial charge in [-0.2, -0.15) is 0 Å². The molecule has 1 saturated carbocycles. The summed E-state index contributed by atoms with van der Waals surface area (Å²) in [7, 11) is 1.68. The molecule has 1 saturated heterocycles. The molecule has 0 unspecified atom stereocenters. The lowest BCUT2D eigenvalue weighted by Gasteiger charge is -2.23. The highest BCUT2D eigenvalue weighted by Gasteiger charge is 2.44. The lowest BCUT2D eigenvalue weighted by molar-refractivity contribution is -0.122. The Morgan fingerprint density at radius 1 is 1.39 bits per heavy atom. The van der Waals surface area contributed by atoms with Crippen molar-refractivity contribution in [1.82, 2.24) is 10.2 Å². The van der Waals surface area contributed by atoms with Crippen LogP contribution in [0.3, 0.4) is 0 Å². The minimum Gasteiger partial charge on any atom is -0.395 e. The molecular formula is C18H26N2O3. The molecular weight excluding hydrogens is 292 g/mol. The smallest absolute Gasteiger partial charge is 0.234 e. The second-order valence-corrected chi connectivity index (χ2v) is 6.78. The van der Waals surface area contributed by atoms with Gasteiger partial charge >= 0.3 is 0 Å². The molecule has 2 aliphatic rings. The number of amides is 1. The van der Waals surface area contributed by atoms with E-state index >= 15 is 0 Å². The van der Waals surface area contributed by atoms with Crippen LogP contribution in [-0.2, 0) is 14.9 Å². The van der Waals surface area contributed by atoms with Gasteiger partial charge in [0.25, 0.3) is 0 Å². The van der Waals surface area contributed by atoms with Gasteiger partial charge in [0.2, 0.25) is 5.91 Å². The Kier molecular flexibility index (Phi) is 4.99. The van der Waals surface area contributed by atoms with Crippen molar-refractivity contribution >= 4 is 5.91 Å². The average Bonchev–Trinajstić information content (AvgIpc) is 3.28. The van der Waals surface area contributed by atoms with Gasteiger partial charge < -0.3 is 15.2 Å². The standard InChI is InChI=1S/C18H26N2O3/c1-23-16-9-15(12-21)20(10-16)11-17(22)19-13-18(7-8-18)14-5-3-2-4-6-14/h2-6,15-16,21H,7-13H2,1H3,(H,19,22)/t15-,16+/m0/s1. The third-order valence-corrected chi connectivity index (χ3v) is 5.24. The number of nitrogens with one attached hydrogen (secondary N) is 1. The van der Waals surface area contributed by atoms with Crippen LogP contribution in [-0.4, -0.2) is 61.4 Å². The number of carbonyl (C=O) groups is 1. The van der Waals surface area contributed by atoms with Crippen LogP contribution in [0.15, 0.2) is 30.3 Å². The fraction of sp³-hybridized carbons (Fsp3) is 0.611. The number of likely N-dealkylation sites (tertiary alicyclic amines) is 1. The second kappa shape index (κ2) is 6.99. The number of nitrogens with zero attached hydrogens (tertiary/aromatic N) is 1. The first-order valence-electron chi connectivity index (χ1n) is 8.37. The van der Waals surface area contributed by atoms with Crippen molar-refractivity contribution in [3.05, 3.63) is 35.9 Å². The molecule has 1 aliphatic carbocycles. The van der Waals surface area contributed by atoms with Gasteiger partial charge in [0, 0.05) is 31.7 Å². The zero-order chi connectivity index (χ0) is 16.3. The third kappa shape index (κ3) is 3.74. The number of aliphatic hydroxyl groups is 1. The number of ether oxygens (including phenoxy) is 1. The van der Waals surface area contributed by atoms with Crippen LogP contribution in [0.25, 0.3) is 0 Å². The summed E-state index contributed by atoms with van der Waals surface area (Å²) in [5.74, 6) is 0.0300. The fourth-order valence-corrected chi connectivity index (χ4v) is 3.51. The van der Waals surface area contributed by atoms with Crippen molar-refractivity contribution in [2.24, 2.45) is 0 Å². The number of hydrogen-bond donors (Lipinski definition) is 2. The Labute approximate surface area is 137 Å². The van der Waals surface area contributed by atoms with E-state index in [1.807, 2.05) is 11.0 Å². The van der Waals surface area contributed by atoms with Crippen LogP contribution >= 0.6 is 0 Å². The van der Waals surface area contributed by atoms with E-state index in [0.717, 1.165) is 19.3 Å². The summed E-state index contributed by atoms with van der Waals surface area (Å²) in [5, 5.41) is 12.5. The molecule has 2 atom stereocenters. The molecule has 2 N–H and O–H groups in total. The normalized spacial score (nSPS) is 26.2. The van der Waals surface area contributed by atoms with E-state index in [4.69, 9.17) is 4.74 Å². The first kappa shape index (κ1) is 16.4. The van der Waals surface area contributed by atoms with E-state index in [9.17, 15) is 9.90 Å². The molecule has 0 bridgehead atoms. The molecule has 126 valence electrons. The van der Waals surface area contributed by atoms with Crippen molar-refractivity contribution in [3.8, 4) is 0 Å². The Bertz CT molecular complexity index is 530. The Morgan fingerprint density at radius 2 is 2.13 bits per heavy atom. The number of methoxy groups -OCH3 is 1. The van der Waals surface area contributed by atoms with E-state index in [1.54, 1.807) is 7.11 Å². The molecule has 5 heteroatoms. The minimum absolute atomic E-state index is 0.0229. The summed E-state index contributed by atoms with van der Waals surface area (Å²) in [6, 6.07) is 10.4. The lowest BCUT2D eigenvalue weighted by Crippen LogP contribution is -2.43. The van der Waals surface area contributed by atoms with Gasteiger partial charge in [-0.1, -0.05) is 30.3 Å². The molecule has 3 rings (SSSR count). The molecule has 1 aromatic rings. The quantitative estimate of drug-likeness (QED) is 0.785. The van der Waals surface area contributed by atoms with Crippen LogP contribution < -0.4 is 5.32 Å². The van der Waals surface area contributed by atoms with E-state index in [2.05, 4.69) is 29.6 Å². The maximum atomic E-state index is 12.3. The van der Waals surface area contributed by atoms with Crippen molar-refractivity contribution in [2.75, 3.05) is 33.4 Å². The predicted octanol–water partition coefficient (Wildman–Crippen LogP) is 0.916. The van der Waals surface area contributed by atoms with E-state index < -0.39 is 0 Å². The molecule has 23 heavy (non-hydrogen) atoms. The Balaban J connectivity index is 1.50. The number of aliphatic hydroxyl groups excluding tert-OH is 1. The zero-order valence-electron chi connectivity index (χ0n) is 13.7. The van der Waals surface area contributed by atoms with Gasteiger partial charge in [0.05, 0.1) is 19.3 Å². The summed E-state index contributed by atoms with van der Waals surface area (Å²) >= 11 is 0. The number of benzene rings is 1. The highest BCUT2D eigenvalue weighted by molar-refractivity contribution is 5.78. The molecule has 1 aromatic carbocycles. The summed E-state index contributed by atoms with van der Waals surface area (Å²) in [6.07, 6.45) is 3.16. The van der Waals surface area contributed by atoms with Crippen molar-refractivity contribution in [2.45, 2.75) is 36.8 Å². The van der Waals surface area contributed by atoms with E-state index in [1.165, 1.54) is 5.56 Å². The fourth-order valence-electron chi connectivity index (χ4n) is 3.51. The van der Waals surface area contributed by atoms with Crippen LogP contribution in [0.4, 0.5) is 0 Å². The highest BCUT2D eigenvalue weighted by atomic mass is 16.5. The predicted molar refractivity (Wildman–Crippen MR) is 88.2 cm³/mol. The van der Waals surface area contributed by atoms with Gasteiger partial charge in [0.1, 0.15) is 0 Å². The zero-order valence-corrected chi connectivity index (χ0v) is 13.7. The third-order valence-electron chi connectivity index (χ3n) is 5.24. The SMILES string of the molecule is CO[C@@H]1C[C@@H](CO)N(CC(=O)NCC2(c3ccccc3)CC2)C1. The highest BCUT2D eigenvalue weighted by Crippen LogP contribution is 2.47. The van der Waals surface area contributed by atoms with Gasteiger partial charge in [-0.15, -0.1) is 0 Å². The number of hydrogen-bond acceptors (Lipinski definition) is 4. The summed E-state index contributed by atoms with van der Waals surface area (Å²) in [4.78, 5) is 14.3. The maximum absolute atomic E-state index is 12.3. The molecule has 1 amide bonds. The number of rotatable bonds is 7. The molecule has 1 heterocycles. The molecule has 0 aromatic heterocycles. The second-order valence-electron chi connectivity index (χ2n) is 6.78. The molecule has 5 nitrogen and oxygen atoms in total. The summed E-state index contributed by atoms with van der Waals surface area (Å²) < 4.78 is 5.35. The van der Waals surface area contributed by atoms with Crippen molar-refractivity contribution in [1.29, 1.82) is 0 Å². The molecule has 1 aliphatic heterocycles. The van der Waals surface area contributed by atoms with Gasteiger partial charge in [0.15, 0.2) is 0 Å². The first-order valence-corrected chi connectivity index (χ1v) is 8.37. The largest absolute Gasteiger partial charge is 0.395 e. The summed E-state index contributed by atoms with van der Waals surface area (Å²) in [6.45, 7) is 1.80. The molecule has 2 fully saturated rings. The lowest BCUT2D eigenvalue weighted by atomic mass is 9.96. The van der Waals surface area contributed by atoms with E-state index in [-0.39, 0.29) is 30.1 Å². The van der Waals surface area contributed by atoms with Gasteiger partial charge in [-0.05, 0) is 24.8 Å². The molecule has 0 radical (unpaired) electrons. The van der Waals surface area contributed by atoms with E-state index in [0.29, 0.717) is 19.6 Å². The van der Waals surface area contributed by atoms with Crippen LogP contribution in [0.1, 0.15) is 24.8 Å². The van der Waals surface area contributed by atoms with Crippen LogP contribution in [0.5, 0.6) is 0 Å². The van der Waals surface area contributed by atoms with Gasteiger partial charge in [-0.3, -0.25) is 9.69 Å². The average molecular weight is 318 g/mol. The molecule has 0 spiro atoms. The van der Waals surface area contributed by atoms with Crippen molar-refractivity contribution < 1.29 is 14.6 Å². The maximum Gasteiger partial charge on any atom is 0.234 e. The summed E-state index contributed by atoms with van der Waals surface area (Å²) in [5.41, 5.74) is 1.45. The minimum atomic E-state index is 0.0229. The number of carbonyl (C=O) groups excluding carboxylic acids is 1. The Hall–Kier alpha value is -1.43. The monoisotopic (exact) mass is 318 g/mol. The van der Waals surface area contributed by atoms with Gasteiger partial charge in [-0.25, -0.2) is 0 Å². The van der Waals surface area contributed by atoms with Crippen molar-refractivity contribution in [3.63, 3.8) is 0 Å². The van der Waals surface area contributed by atoms with Crippen LogP contribution in [0.2, 0.25) is 0 Å². The first-order chi connectivity index (χ1) is 11.2. The topological polar surface area (TPSA) is 61.8 Å². The van der Waals surface area contributed by atoms with Crippen LogP contribution in [0, 0.1) is 0 Å². The Morgan fingerprint density at radius 3 is 2.74 bits per heavy atom.